The number of benzene rings is 2. The summed E-state index contributed by atoms with van der Waals surface area (Å²) in [5, 5.41) is 3.14. The van der Waals surface area contributed by atoms with Crippen LogP contribution in [0.3, 0.4) is 0 Å². The molecule has 24 heavy (non-hydrogen) atoms. The molecule has 1 fully saturated rings. The van der Waals surface area contributed by atoms with Crippen LogP contribution in [0.4, 0.5) is 16.2 Å². The molecule has 4 nitrogen and oxygen atoms in total. The average molecular weight is 321 g/mol. The molecular weight excluding hydrogens is 298 g/mol. The predicted octanol–water partition coefficient (Wildman–Crippen LogP) is 3.29. The van der Waals surface area contributed by atoms with E-state index < -0.39 is 0 Å². The Balaban J connectivity index is 1.31. The fourth-order valence-electron chi connectivity index (χ4n) is 3.75. The Hall–Kier alpha value is -2.49. The summed E-state index contributed by atoms with van der Waals surface area (Å²) in [5.74, 6) is 0.520. The SMILES string of the molecule is O=C(NCC1CCN(c2ccccc2)C1)N1CCc2ccccc21. The van der Waals surface area contributed by atoms with Gasteiger partial charge in [-0.2, -0.15) is 0 Å². The Morgan fingerprint density at radius 2 is 1.83 bits per heavy atom. The second-order valence-electron chi connectivity index (χ2n) is 6.65. The van der Waals surface area contributed by atoms with Crippen molar-refractivity contribution in [2.24, 2.45) is 5.92 Å². The lowest BCUT2D eigenvalue weighted by molar-refractivity contribution is 0.245. The van der Waals surface area contributed by atoms with Gasteiger partial charge in [-0.05, 0) is 42.5 Å². The lowest BCUT2D eigenvalue weighted by atomic mass is 10.1. The van der Waals surface area contributed by atoms with Crippen molar-refractivity contribution in [1.82, 2.24) is 5.32 Å². The van der Waals surface area contributed by atoms with E-state index in [9.17, 15) is 4.79 Å². The maximum atomic E-state index is 12.5. The molecule has 1 atom stereocenters. The van der Waals surface area contributed by atoms with E-state index in [2.05, 4.69) is 40.5 Å². The number of para-hydroxylation sites is 2. The van der Waals surface area contributed by atoms with E-state index in [-0.39, 0.29) is 6.03 Å². The second kappa shape index (κ2) is 6.56. The van der Waals surface area contributed by atoms with Crippen molar-refractivity contribution in [2.75, 3.05) is 36.0 Å². The van der Waals surface area contributed by atoms with Crippen molar-refractivity contribution < 1.29 is 4.79 Å². The summed E-state index contributed by atoms with van der Waals surface area (Å²) in [7, 11) is 0. The first-order chi connectivity index (χ1) is 11.8. The highest BCUT2D eigenvalue weighted by atomic mass is 16.2. The Morgan fingerprint density at radius 1 is 1.04 bits per heavy atom. The minimum Gasteiger partial charge on any atom is -0.371 e. The molecular formula is C20H23N3O. The molecule has 2 aromatic rings. The minimum atomic E-state index is 0.0399. The minimum absolute atomic E-state index is 0.0399. The molecule has 4 rings (SSSR count). The van der Waals surface area contributed by atoms with Crippen LogP contribution in [-0.2, 0) is 6.42 Å². The summed E-state index contributed by atoms with van der Waals surface area (Å²) in [4.78, 5) is 16.8. The van der Waals surface area contributed by atoms with Gasteiger partial charge in [-0.3, -0.25) is 4.90 Å². The molecule has 1 N–H and O–H groups in total. The van der Waals surface area contributed by atoms with Crippen LogP contribution < -0.4 is 15.1 Å². The molecule has 2 amide bonds. The van der Waals surface area contributed by atoms with E-state index in [1.54, 1.807) is 0 Å². The number of anilines is 2. The fraction of sp³-hybridized carbons (Fsp3) is 0.350. The summed E-state index contributed by atoms with van der Waals surface area (Å²) >= 11 is 0. The van der Waals surface area contributed by atoms with Crippen molar-refractivity contribution >= 4 is 17.4 Å². The number of hydrogen-bond acceptors (Lipinski definition) is 2. The van der Waals surface area contributed by atoms with Gasteiger partial charge in [0.2, 0.25) is 0 Å². The highest BCUT2D eigenvalue weighted by molar-refractivity contribution is 5.94. The van der Waals surface area contributed by atoms with E-state index in [1.165, 1.54) is 11.3 Å². The monoisotopic (exact) mass is 321 g/mol. The topological polar surface area (TPSA) is 35.6 Å². The van der Waals surface area contributed by atoms with E-state index in [4.69, 9.17) is 0 Å². The number of carbonyl (C=O) groups is 1. The van der Waals surface area contributed by atoms with Crippen LogP contribution in [-0.4, -0.2) is 32.2 Å². The normalized spacial score (nSPS) is 19.4. The highest BCUT2D eigenvalue weighted by Crippen LogP contribution is 2.27. The van der Waals surface area contributed by atoms with Crippen LogP contribution in [0, 0.1) is 5.92 Å². The summed E-state index contributed by atoms with van der Waals surface area (Å²) in [6, 6.07) is 18.7. The molecule has 124 valence electrons. The van der Waals surface area contributed by atoms with Gasteiger partial charge in [-0.15, -0.1) is 0 Å². The standard InChI is InChI=1S/C20H23N3O/c24-20(23-13-11-17-6-4-5-9-19(17)23)21-14-16-10-12-22(15-16)18-7-2-1-3-8-18/h1-9,16H,10-15H2,(H,21,24). The van der Waals surface area contributed by atoms with E-state index in [0.717, 1.165) is 44.7 Å². The van der Waals surface area contributed by atoms with E-state index in [0.29, 0.717) is 5.92 Å². The summed E-state index contributed by atoms with van der Waals surface area (Å²) in [6.07, 6.45) is 2.08. The molecule has 4 heteroatoms. The third-order valence-electron chi connectivity index (χ3n) is 5.08. The van der Waals surface area contributed by atoms with Crippen LogP contribution in [0.1, 0.15) is 12.0 Å². The zero-order chi connectivity index (χ0) is 16.4. The number of hydrogen-bond donors (Lipinski definition) is 1. The van der Waals surface area contributed by atoms with E-state index in [1.807, 2.05) is 29.2 Å². The van der Waals surface area contributed by atoms with Gasteiger partial charge < -0.3 is 10.2 Å². The summed E-state index contributed by atoms with van der Waals surface area (Å²) in [5.41, 5.74) is 3.61. The zero-order valence-corrected chi connectivity index (χ0v) is 13.8. The molecule has 0 radical (unpaired) electrons. The Bertz CT molecular complexity index is 716. The molecule has 0 aromatic heterocycles. The summed E-state index contributed by atoms with van der Waals surface area (Å²) in [6.45, 7) is 3.62. The first kappa shape index (κ1) is 15.1. The van der Waals surface area contributed by atoms with Gasteiger partial charge in [-0.1, -0.05) is 36.4 Å². The van der Waals surface area contributed by atoms with Crippen LogP contribution in [0.5, 0.6) is 0 Å². The Kier molecular flexibility index (Phi) is 4.11. The van der Waals surface area contributed by atoms with Crippen LogP contribution in [0.25, 0.3) is 0 Å². The van der Waals surface area contributed by atoms with Gasteiger partial charge in [0.1, 0.15) is 0 Å². The second-order valence-corrected chi connectivity index (χ2v) is 6.65. The van der Waals surface area contributed by atoms with Crippen molar-refractivity contribution in [3.63, 3.8) is 0 Å². The highest BCUT2D eigenvalue weighted by Gasteiger charge is 2.26. The third-order valence-corrected chi connectivity index (χ3v) is 5.08. The van der Waals surface area contributed by atoms with Gasteiger partial charge in [0, 0.05) is 37.6 Å². The first-order valence-corrected chi connectivity index (χ1v) is 8.74. The van der Waals surface area contributed by atoms with Gasteiger partial charge in [0.25, 0.3) is 0 Å². The van der Waals surface area contributed by atoms with Crippen molar-refractivity contribution in [2.45, 2.75) is 12.8 Å². The van der Waals surface area contributed by atoms with Gasteiger partial charge >= 0.3 is 6.03 Å². The molecule has 0 saturated carbocycles. The molecule has 2 aromatic carbocycles. The van der Waals surface area contributed by atoms with Crippen molar-refractivity contribution in [3.05, 3.63) is 60.2 Å². The maximum absolute atomic E-state index is 12.5. The first-order valence-electron chi connectivity index (χ1n) is 8.74. The van der Waals surface area contributed by atoms with Crippen molar-refractivity contribution in [3.8, 4) is 0 Å². The lowest BCUT2D eigenvalue weighted by Crippen LogP contribution is -2.41. The number of nitrogens with one attached hydrogen (secondary N) is 1. The molecule has 2 heterocycles. The van der Waals surface area contributed by atoms with Crippen LogP contribution in [0.15, 0.2) is 54.6 Å². The number of fused-ring (bicyclic) bond motifs is 1. The quantitative estimate of drug-likeness (QED) is 0.941. The predicted molar refractivity (Wildman–Crippen MR) is 97.7 cm³/mol. The van der Waals surface area contributed by atoms with Crippen molar-refractivity contribution in [1.29, 1.82) is 0 Å². The fourth-order valence-corrected chi connectivity index (χ4v) is 3.75. The smallest absolute Gasteiger partial charge is 0.321 e. The molecule has 2 aliphatic heterocycles. The molecule has 1 unspecified atom stereocenters. The van der Waals surface area contributed by atoms with Crippen LogP contribution in [0.2, 0.25) is 0 Å². The Morgan fingerprint density at radius 3 is 2.71 bits per heavy atom. The third kappa shape index (κ3) is 2.96. The summed E-state index contributed by atoms with van der Waals surface area (Å²) < 4.78 is 0. The zero-order valence-electron chi connectivity index (χ0n) is 13.8. The maximum Gasteiger partial charge on any atom is 0.321 e. The Labute approximate surface area is 143 Å². The van der Waals surface area contributed by atoms with Gasteiger partial charge in [0.05, 0.1) is 0 Å². The lowest BCUT2D eigenvalue weighted by Gasteiger charge is -2.21. The number of nitrogens with zero attached hydrogens (tertiary/aromatic N) is 2. The van der Waals surface area contributed by atoms with Gasteiger partial charge in [-0.25, -0.2) is 4.79 Å². The van der Waals surface area contributed by atoms with Gasteiger partial charge in [0.15, 0.2) is 0 Å². The molecule has 0 spiro atoms. The van der Waals surface area contributed by atoms with Crippen LogP contribution >= 0.6 is 0 Å². The molecule has 2 aliphatic rings. The number of rotatable bonds is 3. The molecule has 0 aliphatic carbocycles. The number of carbonyl (C=O) groups excluding carboxylic acids is 1. The average Bonchev–Trinajstić information content (AvgIpc) is 3.27. The molecule has 1 saturated heterocycles. The number of urea groups is 1. The molecule has 0 bridgehead atoms. The largest absolute Gasteiger partial charge is 0.371 e. The van der Waals surface area contributed by atoms with E-state index >= 15 is 0 Å². The number of amides is 2.